The number of aromatic nitrogens is 2. The van der Waals surface area contributed by atoms with Crippen molar-refractivity contribution in [1.29, 1.82) is 0 Å². The number of fused-ring (bicyclic) bond motifs is 10. The number of Topliss-reactive ketones (excluding diaryl/α,β-unsaturated/α-hetero) is 2. The van der Waals surface area contributed by atoms with Gasteiger partial charge in [0, 0.05) is 72.0 Å². The summed E-state index contributed by atoms with van der Waals surface area (Å²) in [6, 6.07) is 25.2. The first-order chi connectivity index (χ1) is 45.2. The van der Waals surface area contributed by atoms with Crippen molar-refractivity contribution in [2.75, 3.05) is 18.5 Å². The SMILES string of the molecule is O=C1CCc2cc(OC3CCCC3)c(O)c(c2)C(O)c2cc3c4cc2-c2ccccc2CC2CCC(NC2)C(C#CC(Nc2[nH]ccc2C3)C2=Cc3[nH]ccc3C(CC3(O)C=Cc5c(O)cccc5CC3)C2C(=O)C1CCO)C(O)C41CCC2(CCC3(CCCC3)C2)C1. The molecule has 2 aromatic heterocycles. The molecule has 4 saturated carbocycles. The van der Waals surface area contributed by atoms with Gasteiger partial charge in [0.1, 0.15) is 29.5 Å². The van der Waals surface area contributed by atoms with Gasteiger partial charge in [0.05, 0.1) is 29.6 Å². The molecule has 13 heteroatoms. The molecule has 7 aliphatic carbocycles. The summed E-state index contributed by atoms with van der Waals surface area (Å²) >= 11 is 0. The van der Waals surface area contributed by atoms with E-state index < -0.39 is 59.5 Å². The van der Waals surface area contributed by atoms with Crippen LogP contribution in [-0.2, 0) is 40.7 Å². The summed E-state index contributed by atoms with van der Waals surface area (Å²) in [6.07, 6.45) is 25.1. The third kappa shape index (κ3) is 10.8. The number of rotatable bonds is 6. The van der Waals surface area contributed by atoms with Crippen LogP contribution < -0.4 is 15.4 Å². The second-order valence-electron chi connectivity index (χ2n) is 30.5. The molecule has 0 radical (unpaired) electrons. The fourth-order valence-electron chi connectivity index (χ4n) is 20.3. The molecule has 484 valence electrons. The van der Waals surface area contributed by atoms with Crippen molar-refractivity contribution in [2.24, 2.45) is 34.5 Å². The molecule has 10 N–H and O–H groups in total. The van der Waals surface area contributed by atoms with Crippen molar-refractivity contribution in [3.8, 4) is 40.2 Å². The Balaban J connectivity index is 0.953. The molecule has 11 aliphatic rings. The van der Waals surface area contributed by atoms with Crippen molar-refractivity contribution in [1.82, 2.24) is 15.3 Å². The number of phenols is 2. The molecule has 6 aromatic rings. The number of aromatic amines is 2. The maximum atomic E-state index is 16.7. The first-order valence-electron chi connectivity index (χ1n) is 35.3. The number of carbonyl (C=O) groups excluding carboxylic acids is 2. The molecule has 0 amide bonds. The predicted molar refractivity (Wildman–Crippen MR) is 360 cm³/mol. The number of benzene rings is 4. The van der Waals surface area contributed by atoms with Crippen LogP contribution in [0.15, 0.2) is 103 Å². The Morgan fingerprint density at radius 3 is 2.37 bits per heavy atom. The smallest absolute Gasteiger partial charge is 0.163 e. The summed E-state index contributed by atoms with van der Waals surface area (Å²) in [6.45, 7) is 0.274. The van der Waals surface area contributed by atoms with Gasteiger partial charge < -0.3 is 56.0 Å². The number of aliphatic hydroxyl groups is 4. The Morgan fingerprint density at radius 1 is 0.710 bits per heavy atom. The van der Waals surface area contributed by atoms with Crippen LogP contribution >= 0.6 is 0 Å². The van der Waals surface area contributed by atoms with Crippen molar-refractivity contribution in [3.05, 3.63) is 164 Å². The van der Waals surface area contributed by atoms with Crippen LogP contribution in [0.4, 0.5) is 5.82 Å². The van der Waals surface area contributed by atoms with E-state index in [0.717, 1.165) is 122 Å². The molecule has 4 aliphatic heterocycles. The highest BCUT2D eigenvalue weighted by molar-refractivity contribution is 6.05. The summed E-state index contributed by atoms with van der Waals surface area (Å²) in [5.41, 5.74) is 9.32. The number of hydrogen-bond donors (Lipinski definition) is 10. The highest BCUT2D eigenvalue weighted by Gasteiger charge is 2.60. The number of phenolic OH excluding ortho intramolecular Hbond substituents is 2. The lowest BCUT2D eigenvalue weighted by Gasteiger charge is -2.44. The lowest BCUT2D eigenvalue weighted by molar-refractivity contribution is -0.135. The number of aliphatic hydroxyl groups excluding tert-OH is 3. The van der Waals surface area contributed by atoms with Crippen LogP contribution in [0.3, 0.4) is 0 Å². The number of anilines is 1. The molecule has 10 bridgehead atoms. The minimum Gasteiger partial charge on any atom is -0.507 e. The lowest BCUT2D eigenvalue weighted by atomic mass is 9.63. The number of nitrogens with one attached hydrogen (secondary N) is 4. The average Bonchev–Trinajstić information content (AvgIpc) is 1.71. The van der Waals surface area contributed by atoms with E-state index >= 15 is 9.59 Å². The van der Waals surface area contributed by atoms with Crippen molar-refractivity contribution in [3.63, 3.8) is 0 Å². The first-order valence-corrected chi connectivity index (χ1v) is 35.3. The Morgan fingerprint density at radius 2 is 1.53 bits per heavy atom. The zero-order valence-electron chi connectivity index (χ0n) is 53.5. The third-order valence-corrected chi connectivity index (χ3v) is 25.0. The Kier molecular flexibility index (Phi) is 15.6. The van der Waals surface area contributed by atoms with Crippen LogP contribution in [0.2, 0.25) is 0 Å². The Bertz CT molecular complexity index is 4030. The van der Waals surface area contributed by atoms with Gasteiger partial charge in [-0.2, -0.15) is 0 Å². The molecule has 13 nitrogen and oxygen atoms in total. The normalized spacial score (nSPS) is 31.9. The lowest BCUT2D eigenvalue weighted by Crippen LogP contribution is -2.53. The van der Waals surface area contributed by atoms with Gasteiger partial charge in [0.15, 0.2) is 17.3 Å². The van der Waals surface area contributed by atoms with E-state index in [1.54, 1.807) is 24.3 Å². The maximum absolute atomic E-state index is 16.7. The number of ketones is 2. The minimum absolute atomic E-state index is 0.00390. The van der Waals surface area contributed by atoms with Gasteiger partial charge in [-0.3, -0.25) is 9.59 Å². The summed E-state index contributed by atoms with van der Waals surface area (Å²) in [4.78, 5) is 39.4. The van der Waals surface area contributed by atoms with E-state index in [0.29, 0.717) is 59.3 Å². The minimum atomic E-state index is -1.48. The van der Waals surface area contributed by atoms with Crippen LogP contribution in [0.25, 0.3) is 23.3 Å². The second kappa shape index (κ2) is 23.9. The van der Waals surface area contributed by atoms with Crippen molar-refractivity contribution in [2.45, 2.75) is 201 Å². The number of aryl methyl sites for hydroxylation is 2. The van der Waals surface area contributed by atoms with E-state index in [4.69, 9.17) is 4.74 Å². The zero-order chi connectivity index (χ0) is 63.4. The van der Waals surface area contributed by atoms with Gasteiger partial charge in [0.2, 0.25) is 0 Å². The first kappa shape index (κ1) is 60.7. The molecule has 12 atom stereocenters. The largest absolute Gasteiger partial charge is 0.507 e. The van der Waals surface area contributed by atoms with Crippen molar-refractivity contribution < 1.29 is 45.0 Å². The molecule has 1 saturated heterocycles. The molecule has 12 unspecified atom stereocenters. The summed E-state index contributed by atoms with van der Waals surface area (Å²) in [5, 5.41) is 84.5. The zero-order valence-corrected chi connectivity index (χ0v) is 53.5. The summed E-state index contributed by atoms with van der Waals surface area (Å²) in [5.74, 6) is 4.58. The topological polar surface area (TPSA) is 220 Å². The molecule has 3 spiro atoms. The Hall–Kier alpha value is -7.18. The number of ether oxygens (including phenoxy) is 1. The highest BCUT2D eigenvalue weighted by atomic mass is 16.5. The van der Waals surface area contributed by atoms with Crippen LogP contribution in [-0.4, -0.2) is 95.2 Å². The monoisotopic (exact) mass is 1250 g/mol. The molecule has 6 heterocycles. The number of hydrogen-bond acceptors (Lipinski definition) is 11. The van der Waals surface area contributed by atoms with Crippen LogP contribution in [0, 0.1) is 46.3 Å². The fourth-order valence-corrected chi connectivity index (χ4v) is 20.3. The molecular formula is C80H90N4O9. The van der Waals surface area contributed by atoms with Gasteiger partial charge in [-0.25, -0.2) is 0 Å². The number of aromatic hydroxyl groups is 2. The van der Waals surface area contributed by atoms with Gasteiger partial charge in [-0.05, 0) is 255 Å². The van der Waals surface area contributed by atoms with Crippen LogP contribution in [0.1, 0.15) is 202 Å². The highest BCUT2D eigenvalue weighted by Crippen LogP contribution is 2.68. The molecule has 17 rings (SSSR count). The van der Waals surface area contributed by atoms with E-state index in [9.17, 15) is 30.6 Å². The Labute approximate surface area is 546 Å². The van der Waals surface area contributed by atoms with Crippen LogP contribution in [0.5, 0.6) is 17.2 Å². The average molecular weight is 1250 g/mol. The van der Waals surface area contributed by atoms with Gasteiger partial charge in [-0.1, -0.05) is 79.3 Å². The summed E-state index contributed by atoms with van der Waals surface area (Å²) in [7, 11) is 0. The molecule has 4 aromatic carbocycles. The standard InChI is InChI=1S/C80H90N4O9/c85-35-24-58-69(87)19-15-47-37-62(73(89)70(38-47)93-53-10-2-3-11-53)72(88)60-40-52-39-51-22-33-82-76(51)84-66(61-42-67-56(23-34-81-67)63(71(61)74(58)90)43-79(92)27-20-49-9-7-13-68(86)55(49)21-28-79)18-16-57-65-17-14-48(44-83-65)36-50-8-1-4-12-54(50)59(60)41-64(52)80(75(57)91)32-31-78(46-80)30-29-77(45-78)25-5-6-26-77/h1,4,7-9,12-13,21-23,28,33-34,37-38,40-42,48,53,57-58,63,65-66,71-72,75,81-86,88-89,91-92H,2-3,5-6,10-11,14-15,17,19-20,24-27,29-32,35-36,39,43-46H2. The molecule has 5 fully saturated rings. The molecular weight excluding hydrogens is 1160 g/mol. The second-order valence-corrected chi connectivity index (χ2v) is 30.5. The number of piperidine rings is 1. The number of H-pyrrole nitrogens is 2. The summed E-state index contributed by atoms with van der Waals surface area (Å²) < 4.78 is 6.77. The maximum Gasteiger partial charge on any atom is 0.163 e. The molecule has 93 heavy (non-hydrogen) atoms. The van der Waals surface area contributed by atoms with E-state index in [2.05, 4.69) is 74.9 Å². The quantitative estimate of drug-likeness (QED) is 0.0558. The third-order valence-electron chi connectivity index (χ3n) is 25.0. The fraction of sp³-hybridized carbons (Fsp3) is 0.500. The predicted octanol–water partition coefficient (Wildman–Crippen LogP) is 12.9. The van der Waals surface area contributed by atoms with Gasteiger partial charge in [-0.15, -0.1) is 0 Å². The van der Waals surface area contributed by atoms with Gasteiger partial charge >= 0.3 is 0 Å². The van der Waals surface area contributed by atoms with Gasteiger partial charge in [0.25, 0.3) is 0 Å². The van der Waals surface area contributed by atoms with E-state index in [1.807, 2.05) is 42.7 Å². The van der Waals surface area contributed by atoms with E-state index in [1.165, 1.54) is 37.7 Å². The van der Waals surface area contributed by atoms with E-state index in [-0.39, 0.29) is 83.5 Å². The van der Waals surface area contributed by atoms with Crippen molar-refractivity contribution >= 4 is 29.5 Å². The number of carbonyl (C=O) groups is 2.